The maximum absolute atomic E-state index is 14.8. The number of thiophene rings is 1. The molecule has 0 bridgehead atoms. The zero-order valence-corrected chi connectivity index (χ0v) is 24.8. The number of pyridine rings is 1. The number of aromatic nitrogens is 1. The van der Waals surface area contributed by atoms with Crippen LogP contribution in [0, 0.1) is 13.8 Å². The number of aryl methyl sites for hydroxylation is 2. The lowest BCUT2D eigenvalue weighted by atomic mass is 10.1. The van der Waals surface area contributed by atoms with E-state index in [1.807, 2.05) is 94.4 Å². The molecule has 0 radical (unpaired) electrons. The first-order valence-electron chi connectivity index (χ1n) is 13.1. The molecule has 0 fully saturated rings. The average Bonchev–Trinajstić information content (AvgIpc) is 3.54. The summed E-state index contributed by atoms with van der Waals surface area (Å²) in [6.07, 6.45) is 1.73. The first-order valence-corrected chi connectivity index (χ1v) is 15.5. The first-order chi connectivity index (χ1) is 19.1. The van der Waals surface area contributed by atoms with Gasteiger partial charge in [0.25, 0.3) is 0 Å². The van der Waals surface area contributed by atoms with Crippen LogP contribution in [0.5, 0.6) is 0 Å². The largest absolute Gasteiger partial charge is 0.477 e. The van der Waals surface area contributed by atoms with Gasteiger partial charge in [0.1, 0.15) is 16.2 Å². The summed E-state index contributed by atoms with van der Waals surface area (Å²) in [5.41, 5.74) is 5.50. The van der Waals surface area contributed by atoms with Gasteiger partial charge < -0.3 is 14.0 Å². The Balaban J connectivity index is 1.58. The second-order valence-electron chi connectivity index (χ2n) is 9.87. The van der Waals surface area contributed by atoms with Crippen molar-refractivity contribution in [2.45, 2.75) is 40.7 Å². The van der Waals surface area contributed by atoms with Crippen LogP contribution in [-0.4, -0.2) is 28.7 Å². The van der Waals surface area contributed by atoms with Crippen LogP contribution in [0.25, 0.3) is 32.9 Å². The molecule has 5 aromatic rings. The molecule has 5 rings (SSSR count). The Hall–Kier alpha value is -3.71. The lowest BCUT2D eigenvalue weighted by molar-refractivity contribution is 0.0703. The molecule has 3 heterocycles. The Morgan fingerprint density at radius 2 is 1.80 bits per heavy atom. The molecule has 1 unspecified atom stereocenters. The molecule has 1 N–H and O–H groups in total. The molecule has 0 saturated carbocycles. The van der Waals surface area contributed by atoms with Gasteiger partial charge in [-0.1, -0.05) is 42.0 Å². The van der Waals surface area contributed by atoms with Gasteiger partial charge in [0, 0.05) is 28.7 Å². The topological polar surface area (TPSA) is 92.9 Å². The van der Waals surface area contributed by atoms with Gasteiger partial charge in [0.05, 0.1) is 17.6 Å². The van der Waals surface area contributed by atoms with E-state index in [2.05, 4.69) is 4.98 Å². The highest BCUT2D eigenvalue weighted by atomic mass is 32.1. The van der Waals surface area contributed by atoms with Crippen LogP contribution in [-0.2, 0) is 9.09 Å². The first kappa shape index (κ1) is 27.8. The van der Waals surface area contributed by atoms with E-state index in [0.717, 1.165) is 44.0 Å². The van der Waals surface area contributed by atoms with Crippen LogP contribution < -0.4 is 9.97 Å². The third kappa shape index (κ3) is 5.10. The van der Waals surface area contributed by atoms with Gasteiger partial charge in [0.2, 0.25) is 0 Å². The maximum Gasteiger partial charge on any atom is 0.348 e. The summed E-state index contributed by atoms with van der Waals surface area (Å²) in [6, 6.07) is 20.6. The molecule has 0 aliphatic rings. The number of nitrogens with zero attached hydrogens (tertiary/aromatic N) is 2. The molecule has 2 aromatic carbocycles. The highest BCUT2D eigenvalue weighted by Crippen LogP contribution is 2.56. The number of hydrogen-bond donors (Lipinski definition) is 1. The smallest absolute Gasteiger partial charge is 0.348 e. The van der Waals surface area contributed by atoms with Crippen molar-refractivity contribution in [1.29, 1.82) is 0 Å². The standard InChI is InChI=1S/C31H31N2O5PS/c1-6-37-39(36,28-14-9-20(4)16-21(28)5)33(19(2)3)25-18-29(40-30(25)31(34)35)23-12-10-22(11-13-23)27-17-24-26(38-27)8-7-15-32-24/h7-19H,6H2,1-5H3,(H,34,35). The van der Waals surface area contributed by atoms with Gasteiger partial charge >= 0.3 is 13.5 Å². The van der Waals surface area contributed by atoms with Crippen LogP contribution >= 0.6 is 18.9 Å². The van der Waals surface area contributed by atoms with E-state index in [4.69, 9.17) is 8.94 Å². The third-order valence-electron chi connectivity index (χ3n) is 6.63. The number of rotatable bonds is 9. The number of benzene rings is 2. The molecule has 40 heavy (non-hydrogen) atoms. The minimum atomic E-state index is -3.67. The number of furan rings is 1. The second-order valence-corrected chi connectivity index (χ2v) is 13.1. The van der Waals surface area contributed by atoms with Crippen molar-refractivity contribution < 1.29 is 23.4 Å². The average molecular weight is 575 g/mol. The molecule has 206 valence electrons. The van der Waals surface area contributed by atoms with Crippen LogP contribution in [0.15, 0.2) is 77.3 Å². The fourth-order valence-electron chi connectivity index (χ4n) is 4.93. The van der Waals surface area contributed by atoms with Crippen molar-refractivity contribution in [2.24, 2.45) is 0 Å². The number of carboxylic acid groups (broad SMARTS) is 1. The Kier molecular flexibility index (Phi) is 7.69. The quantitative estimate of drug-likeness (QED) is 0.177. The van der Waals surface area contributed by atoms with Crippen molar-refractivity contribution >= 4 is 46.9 Å². The zero-order chi connectivity index (χ0) is 28.6. The van der Waals surface area contributed by atoms with E-state index in [0.29, 0.717) is 22.3 Å². The van der Waals surface area contributed by atoms with Crippen molar-refractivity contribution in [3.63, 3.8) is 0 Å². The number of anilines is 1. The predicted octanol–water partition coefficient (Wildman–Crippen LogP) is 8.31. The van der Waals surface area contributed by atoms with Gasteiger partial charge in [-0.15, -0.1) is 11.3 Å². The molecule has 0 aliphatic carbocycles. The molecular weight excluding hydrogens is 543 g/mol. The van der Waals surface area contributed by atoms with Crippen LogP contribution in [0.3, 0.4) is 0 Å². The molecule has 1 atom stereocenters. The predicted molar refractivity (Wildman–Crippen MR) is 162 cm³/mol. The molecule has 3 aromatic heterocycles. The van der Waals surface area contributed by atoms with Gasteiger partial charge in [-0.25, -0.2) is 4.79 Å². The molecule has 0 amide bonds. The molecule has 0 aliphatic heterocycles. The van der Waals surface area contributed by atoms with Crippen molar-refractivity contribution in [2.75, 3.05) is 11.3 Å². The Morgan fingerprint density at radius 1 is 1.07 bits per heavy atom. The van der Waals surface area contributed by atoms with Crippen molar-refractivity contribution in [1.82, 2.24) is 4.98 Å². The number of hydrogen-bond acceptors (Lipinski definition) is 6. The lowest BCUT2D eigenvalue weighted by Crippen LogP contribution is -2.34. The highest BCUT2D eigenvalue weighted by molar-refractivity contribution is 7.68. The molecule has 0 spiro atoms. The number of carboxylic acids is 1. The molecule has 9 heteroatoms. The summed E-state index contributed by atoms with van der Waals surface area (Å²) in [5, 5.41) is 10.8. The summed E-state index contributed by atoms with van der Waals surface area (Å²) in [5.74, 6) is -0.373. The van der Waals surface area contributed by atoms with Crippen LogP contribution in [0.2, 0.25) is 0 Å². The minimum Gasteiger partial charge on any atom is -0.477 e. The third-order valence-corrected chi connectivity index (χ3v) is 10.8. The fourth-order valence-corrected chi connectivity index (χ4v) is 8.66. The van der Waals surface area contributed by atoms with E-state index in [9.17, 15) is 14.5 Å². The second kappa shape index (κ2) is 11.0. The molecular formula is C31H31N2O5PS. The van der Waals surface area contributed by atoms with Gasteiger partial charge in [-0.3, -0.25) is 14.2 Å². The normalized spacial score (nSPS) is 13.1. The van der Waals surface area contributed by atoms with E-state index in [1.165, 1.54) is 0 Å². The van der Waals surface area contributed by atoms with Gasteiger partial charge in [-0.05, 0) is 70.0 Å². The maximum atomic E-state index is 14.8. The fraction of sp³-hybridized carbons (Fsp3) is 0.226. The van der Waals surface area contributed by atoms with Crippen molar-refractivity contribution in [3.05, 3.63) is 88.9 Å². The van der Waals surface area contributed by atoms with Crippen LogP contribution in [0.4, 0.5) is 5.69 Å². The molecule has 7 nitrogen and oxygen atoms in total. The SMILES string of the molecule is CCOP(=O)(c1ccc(C)cc1C)N(c1cc(-c2ccc(-c3cc4ncccc4o3)cc2)sc1C(=O)O)C(C)C. The van der Waals surface area contributed by atoms with Gasteiger partial charge in [-0.2, -0.15) is 0 Å². The summed E-state index contributed by atoms with van der Waals surface area (Å²) in [7, 11) is -3.67. The number of fused-ring (bicyclic) bond motifs is 1. The summed E-state index contributed by atoms with van der Waals surface area (Å²) >= 11 is 1.16. The van der Waals surface area contributed by atoms with Crippen molar-refractivity contribution in [3.8, 4) is 21.8 Å². The summed E-state index contributed by atoms with van der Waals surface area (Å²) < 4.78 is 28.4. The van der Waals surface area contributed by atoms with E-state index < -0.39 is 13.5 Å². The number of carbonyl (C=O) groups is 1. The van der Waals surface area contributed by atoms with E-state index >= 15 is 0 Å². The number of aromatic carboxylic acids is 1. The van der Waals surface area contributed by atoms with E-state index in [-0.39, 0.29) is 17.5 Å². The minimum absolute atomic E-state index is 0.112. The summed E-state index contributed by atoms with van der Waals surface area (Å²) in [4.78, 5) is 17.7. The van der Waals surface area contributed by atoms with Crippen LogP contribution in [0.1, 0.15) is 41.6 Å². The lowest BCUT2D eigenvalue weighted by Gasteiger charge is -2.36. The Morgan fingerprint density at radius 3 is 2.42 bits per heavy atom. The van der Waals surface area contributed by atoms with Gasteiger partial charge in [0.15, 0.2) is 5.58 Å². The monoisotopic (exact) mass is 574 g/mol. The Bertz CT molecular complexity index is 1710. The summed E-state index contributed by atoms with van der Waals surface area (Å²) in [6.45, 7) is 9.69. The highest BCUT2D eigenvalue weighted by Gasteiger charge is 2.40. The molecule has 0 saturated heterocycles. The van der Waals surface area contributed by atoms with E-state index in [1.54, 1.807) is 17.8 Å². The Labute approximate surface area is 237 Å². The zero-order valence-electron chi connectivity index (χ0n) is 23.0.